The van der Waals surface area contributed by atoms with E-state index < -0.39 is 42.2 Å². The van der Waals surface area contributed by atoms with Gasteiger partial charge in [-0.2, -0.15) is 28.6 Å². The second-order valence-electron chi connectivity index (χ2n) is 6.98. The van der Waals surface area contributed by atoms with Gasteiger partial charge in [-0.3, -0.25) is 13.9 Å². The van der Waals surface area contributed by atoms with Crippen LogP contribution in [0.3, 0.4) is 0 Å². The van der Waals surface area contributed by atoms with Gasteiger partial charge in [0.1, 0.15) is 17.9 Å². The predicted molar refractivity (Wildman–Crippen MR) is 130 cm³/mol. The first-order chi connectivity index (χ1) is 15.8. The fourth-order valence-electron chi connectivity index (χ4n) is 2.68. The molecule has 2 atom stereocenters. The molecule has 2 aromatic rings. The summed E-state index contributed by atoms with van der Waals surface area (Å²) in [5.41, 5.74) is 12.4. The Labute approximate surface area is 205 Å². The quantitative estimate of drug-likeness (QED) is 0.237. The number of carbonyl (C=O) groups excluding carboxylic acids is 1. The van der Waals surface area contributed by atoms with E-state index in [-0.39, 0.29) is 41.6 Å². The molecule has 17 heteroatoms. The van der Waals surface area contributed by atoms with E-state index in [0.29, 0.717) is 11.4 Å². The minimum absolute atomic E-state index is 0.00405. The first kappa shape index (κ1) is 28.2. The van der Waals surface area contributed by atoms with Crippen molar-refractivity contribution in [1.29, 1.82) is 0 Å². The summed E-state index contributed by atoms with van der Waals surface area (Å²) in [6, 6.07) is 0. The molecular formula is C17H24N6O7S4. The van der Waals surface area contributed by atoms with Crippen LogP contribution in [0.5, 0.6) is 0 Å². The van der Waals surface area contributed by atoms with Crippen molar-refractivity contribution < 1.29 is 30.7 Å². The van der Waals surface area contributed by atoms with E-state index in [4.69, 9.17) is 20.6 Å². The van der Waals surface area contributed by atoms with Crippen molar-refractivity contribution >= 4 is 60.9 Å². The van der Waals surface area contributed by atoms with Crippen molar-refractivity contribution in [2.75, 3.05) is 34.5 Å². The number of carbonyl (C=O) groups is 1. The molecule has 0 saturated carbocycles. The van der Waals surface area contributed by atoms with Gasteiger partial charge in [0.2, 0.25) is 0 Å². The lowest BCUT2D eigenvalue weighted by Crippen LogP contribution is -2.15. The minimum atomic E-state index is -4.19. The fraction of sp³-hybridized carbons (Fsp3) is 0.471. The molecule has 0 aliphatic rings. The molecule has 34 heavy (non-hydrogen) atoms. The van der Waals surface area contributed by atoms with Crippen LogP contribution in [-0.2, 0) is 25.0 Å². The van der Waals surface area contributed by atoms with Crippen LogP contribution in [0, 0.1) is 0 Å². The predicted octanol–water partition coefficient (Wildman–Crippen LogP) is 0.805. The second-order valence-corrected chi connectivity index (χ2v) is 12.7. The first-order valence-electron chi connectivity index (χ1n) is 9.62. The Balaban J connectivity index is 2.17. The van der Waals surface area contributed by atoms with Gasteiger partial charge >= 0.3 is 0 Å². The fourth-order valence-corrected chi connectivity index (χ4v) is 6.94. The lowest BCUT2D eigenvalue weighted by Gasteiger charge is -2.19. The van der Waals surface area contributed by atoms with Crippen LogP contribution < -0.4 is 11.5 Å². The monoisotopic (exact) mass is 552 g/mol. The Hall–Kier alpha value is -2.05. The summed E-state index contributed by atoms with van der Waals surface area (Å²) in [5.74, 6) is -1.04. The first-order valence-corrected chi connectivity index (χ1v) is 14.9. The molecule has 0 spiro atoms. The lowest BCUT2D eigenvalue weighted by atomic mass is 10.1. The van der Waals surface area contributed by atoms with Gasteiger partial charge in [0, 0.05) is 24.3 Å². The average molecular weight is 553 g/mol. The van der Waals surface area contributed by atoms with E-state index in [2.05, 4.69) is 19.9 Å². The van der Waals surface area contributed by atoms with E-state index in [9.17, 15) is 21.6 Å². The summed E-state index contributed by atoms with van der Waals surface area (Å²) in [6.07, 6.45) is 5.17. The average Bonchev–Trinajstić information content (AvgIpc) is 2.71. The standard InChI is InChI=1S/C17H24N6O7S4/c18-11-7-21-17(22-8-11)15(32-2-4-34(28,29)30)6-12(24)5-14(31-1-3-33(25,26)27)16-13(19)9-20-10-23-16/h7-10,14-15H,1-6,18-19H2,(H,25,26,27)(H,28,29,30). The van der Waals surface area contributed by atoms with Gasteiger partial charge in [-0.25, -0.2) is 19.9 Å². The highest BCUT2D eigenvalue weighted by Crippen LogP contribution is 2.37. The Morgan fingerprint density at radius 3 is 1.94 bits per heavy atom. The van der Waals surface area contributed by atoms with E-state index >= 15 is 0 Å². The van der Waals surface area contributed by atoms with Crippen LogP contribution in [0.25, 0.3) is 0 Å². The zero-order valence-corrected chi connectivity index (χ0v) is 21.0. The number of hydrogen-bond donors (Lipinski definition) is 4. The number of anilines is 2. The van der Waals surface area contributed by atoms with E-state index in [1.807, 2.05) is 0 Å². The number of rotatable bonds is 14. The number of nitrogens with zero attached hydrogens (tertiary/aromatic N) is 4. The molecular weight excluding hydrogens is 528 g/mol. The third-order valence-electron chi connectivity index (χ3n) is 4.20. The molecule has 188 valence electrons. The van der Waals surface area contributed by atoms with Gasteiger partial charge < -0.3 is 11.5 Å². The zero-order chi connectivity index (χ0) is 25.4. The number of ketones is 1. The lowest BCUT2D eigenvalue weighted by molar-refractivity contribution is -0.119. The Morgan fingerprint density at radius 1 is 0.882 bits per heavy atom. The number of nitrogens with two attached hydrogens (primary N) is 2. The molecule has 6 N–H and O–H groups in total. The molecule has 2 heterocycles. The largest absolute Gasteiger partial charge is 0.396 e. The van der Waals surface area contributed by atoms with Crippen LogP contribution >= 0.6 is 23.5 Å². The molecule has 2 aromatic heterocycles. The van der Waals surface area contributed by atoms with E-state index in [1.165, 1.54) is 24.9 Å². The van der Waals surface area contributed by atoms with Crippen LogP contribution in [-0.4, -0.2) is 74.7 Å². The number of hydrogen-bond acceptors (Lipinski definition) is 13. The highest BCUT2D eigenvalue weighted by atomic mass is 32.2. The molecule has 2 unspecified atom stereocenters. The molecule has 0 aromatic carbocycles. The highest BCUT2D eigenvalue weighted by Gasteiger charge is 2.25. The third-order valence-corrected chi connectivity index (χ3v) is 8.61. The summed E-state index contributed by atoms with van der Waals surface area (Å²) in [5, 5.41) is -1.24. The maximum Gasteiger partial charge on any atom is 0.265 e. The molecule has 0 radical (unpaired) electrons. The van der Waals surface area contributed by atoms with Crippen LogP contribution in [0.2, 0.25) is 0 Å². The summed E-state index contributed by atoms with van der Waals surface area (Å²) in [6.45, 7) is 0. The minimum Gasteiger partial charge on any atom is -0.396 e. The van der Waals surface area contributed by atoms with Crippen molar-refractivity contribution in [1.82, 2.24) is 19.9 Å². The molecule has 0 saturated heterocycles. The summed E-state index contributed by atoms with van der Waals surface area (Å²) in [4.78, 5) is 29.1. The van der Waals surface area contributed by atoms with Crippen LogP contribution in [0.1, 0.15) is 34.9 Å². The topological polar surface area (TPSA) is 229 Å². The SMILES string of the molecule is Nc1cnc(C(CC(=O)CC(SCCS(=O)(=O)O)c2ncncc2N)SCCS(=O)(=O)O)nc1. The number of Topliss-reactive ketones (excluding diaryl/α,β-unsaturated/α-hetero) is 1. The van der Waals surface area contributed by atoms with Crippen LogP contribution in [0.15, 0.2) is 24.9 Å². The zero-order valence-electron chi connectivity index (χ0n) is 17.7. The van der Waals surface area contributed by atoms with Gasteiger partial charge in [0.25, 0.3) is 20.2 Å². The smallest absolute Gasteiger partial charge is 0.265 e. The third kappa shape index (κ3) is 10.5. The Bertz CT molecular complexity index is 1180. The second kappa shape index (κ2) is 12.6. The molecule has 0 bridgehead atoms. The molecule has 0 aliphatic carbocycles. The van der Waals surface area contributed by atoms with E-state index in [0.717, 1.165) is 23.5 Å². The van der Waals surface area contributed by atoms with Crippen LogP contribution in [0.4, 0.5) is 11.4 Å². The molecule has 13 nitrogen and oxygen atoms in total. The van der Waals surface area contributed by atoms with E-state index in [1.54, 1.807) is 0 Å². The maximum atomic E-state index is 13.0. The Morgan fingerprint density at radius 2 is 1.41 bits per heavy atom. The molecule has 0 amide bonds. The summed E-state index contributed by atoms with van der Waals surface area (Å²) < 4.78 is 62.3. The van der Waals surface area contributed by atoms with Gasteiger partial charge in [0.15, 0.2) is 0 Å². The van der Waals surface area contributed by atoms with Gasteiger partial charge in [-0.05, 0) is 0 Å². The van der Waals surface area contributed by atoms with Crippen molar-refractivity contribution in [3.05, 3.63) is 36.4 Å². The summed E-state index contributed by atoms with van der Waals surface area (Å²) in [7, 11) is -8.38. The van der Waals surface area contributed by atoms with Gasteiger partial charge in [0.05, 0.1) is 57.7 Å². The number of thioether (sulfide) groups is 2. The van der Waals surface area contributed by atoms with Crippen molar-refractivity contribution in [2.24, 2.45) is 0 Å². The molecule has 0 fully saturated rings. The van der Waals surface area contributed by atoms with Crippen molar-refractivity contribution in [3.63, 3.8) is 0 Å². The molecule has 2 rings (SSSR count). The highest BCUT2D eigenvalue weighted by molar-refractivity contribution is 8.00. The van der Waals surface area contributed by atoms with Gasteiger partial charge in [-0.1, -0.05) is 0 Å². The normalized spacial score (nSPS) is 13.9. The molecule has 0 aliphatic heterocycles. The number of aromatic nitrogens is 4. The van der Waals surface area contributed by atoms with Crippen molar-refractivity contribution in [2.45, 2.75) is 23.3 Å². The van der Waals surface area contributed by atoms with Crippen molar-refractivity contribution in [3.8, 4) is 0 Å². The number of nitrogen functional groups attached to an aromatic ring is 2. The van der Waals surface area contributed by atoms with Gasteiger partial charge in [-0.15, -0.1) is 11.8 Å². The summed E-state index contributed by atoms with van der Waals surface area (Å²) >= 11 is 2.18. The maximum absolute atomic E-state index is 13.0. The Kier molecular flexibility index (Phi) is 10.4.